The maximum Gasteiger partial charge on any atom is 0.0672 e. The first-order chi connectivity index (χ1) is 8.13. The van der Waals surface area contributed by atoms with Crippen LogP contribution in [-0.2, 0) is 0 Å². The molecular formula is C14H26N2S. The van der Waals surface area contributed by atoms with Crippen LogP contribution in [0.1, 0.15) is 39.5 Å². The second-order valence-electron chi connectivity index (χ2n) is 5.40. The van der Waals surface area contributed by atoms with Crippen LogP contribution in [0.15, 0.2) is 0 Å². The van der Waals surface area contributed by atoms with E-state index in [1.165, 1.54) is 25.0 Å². The smallest absolute Gasteiger partial charge is 0.0672 e. The van der Waals surface area contributed by atoms with E-state index in [0.29, 0.717) is 12.1 Å². The summed E-state index contributed by atoms with van der Waals surface area (Å²) in [6.45, 7) is 4.58. The van der Waals surface area contributed by atoms with Gasteiger partial charge in [-0.2, -0.15) is 17.0 Å². The van der Waals surface area contributed by atoms with Gasteiger partial charge in [-0.3, -0.25) is 4.90 Å². The van der Waals surface area contributed by atoms with Crippen LogP contribution in [-0.4, -0.2) is 36.0 Å². The molecule has 0 spiro atoms. The lowest BCUT2D eigenvalue weighted by atomic mass is 9.78. The standard InChI is InChI=1S/C14H26N2S/c1-5-13(10-17-4)16(3)14-8-11(2)6-7-12(14)9-15/h11-14H,5-8,10H2,1-4H3. The summed E-state index contributed by atoms with van der Waals surface area (Å²) in [6, 6.07) is 3.62. The van der Waals surface area contributed by atoms with Crippen LogP contribution in [0, 0.1) is 23.2 Å². The van der Waals surface area contributed by atoms with Crippen molar-refractivity contribution in [2.24, 2.45) is 11.8 Å². The Bertz CT molecular complexity index is 261. The van der Waals surface area contributed by atoms with Crippen LogP contribution in [0.4, 0.5) is 0 Å². The Morgan fingerprint density at radius 2 is 2.18 bits per heavy atom. The Kier molecular flexibility index (Phi) is 6.37. The molecule has 0 amide bonds. The molecule has 17 heavy (non-hydrogen) atoms. The number of hydrogen-bond acceptors (Lipinski definition) is 3. The van der Waals surface area contributed by atoms with Gasteiger partial charge in [0.2, 0.25) is 0 Å². The molecule has 1 aliphatic rings. The number of hydrogen-bond donors (Lipinski definition) is 0. The zero-order valence-electron chi connectivity index (χ0n) is 11.6. The lowest BCUT2D eigenvalue weighted by Gasteiger charge is -2.41. The van der Waals surface area contributed by atoms with Gasteiger partial charge >= 0.3 is 0 Å². The first kappa shape index (κ1) is 14.9. The van der Waals surface area contributed by atoms with Gasteiger partial charge in [-0.1, -0.05) is 13.8 Å². The molecular weight excluding hydrogens is 228 g/mol. The van der Waals surface area contributed by atoms with Crippen molar-refractivity contribution in [2.75, 3.05) is 19.1 Å². The predicted octanol–water partition coefficient (Wildman–Crippen LogP) is 3.39. The summed E-state index contributed by atoms with van der Waals surface area (Å²) in [5.41, 5.74) is 0. The maximum atomic E-state index is 9.30. The Hall–Kier alpha value is -0.200. The van der Waals surface area contributed by atoms with Gasteiger partial charge < -0.3 is 0 Å². The average molecular weight is 254 g/mol. The molecule has 0 N–H and O–H groups in total. The van der Waals surface area contributed by atoms with Crippen LogP contribution in [0.2, 0.25) is 0 Å². The normalized spacial score (nSPS) is 31.2. The number of rotatable bonds is 5. The molecule has 1 rings (SSSR count). The quantitative estimate of drug-likeness (QED) is 0.752. The Balaban J connectivity index is 2.69. The Labute approximate surface area is 111 Å². The van der Waals surface area contributed by atoms with E-state index in [-0.39, 0.29) is 5.92 Å². The van der Waals surface area contributed by atoms with Gasteiger partial charge in [-0.05, 0) is 44.9 Å². The van der Waals surface area contributed by atoms with Crippen molar-refractivity contribution in [3.8, 4) is 6.07 Å². The van der Waals surface area contributed by atoms with Gasteiger partial charge in [0.25, 0.3) is 0 Å². The highest BCUT2D eigenvalue weighted by molar-refractivity contribution is 7.98. The van der Waals surface area contributed by atoms with Crippen molar-refractivity contribution < 1.29 is 0 Å². The van der Waals surface area contributed by atoms with Crippen molar-refractivity contribution in [3.05, 3.63) is 0 Å². The lowest BCUT2D eigenvalue weighted by molar-refractivity contribution is 0.0978. The van der Waals surface area contributed by atoms with Crippen LogP contribution in [0.5, 0.6) is 0 Å². The SMILES string of the molecule is CCC(CSC)N(C)C1CC(C)CCC1C#N. The van der Waals surface area contributed by atoms with Gasteiger partial charge in [-0.25, -0.2) is 0 Å². The molecule has 98 valence electrons. The minimum Gasteiger partial charge on any atom is -0.298 e. The van der Waals surface area contributed by atoms with E-state index < -0.39 is 0 Å². The first-order valence-corrected chi connectivity index (χ1v) is 8.13. The molecule has 0 saturated heterocycles. The zero-order chi connectivity index (χ0) is 12.8. The largest absolute Gasteiger partial charge is 0.298 e. The van der Waals surface area contributed by atoms with Gasteiger partial charge in [0.05, 0.1) is 12.0 Å². The Morgan fingerprint density at radius 3 is 2.71 bits per heavy atom. The van der Waals surface area contributed by atoms with Crippen molar-refractivity contribution in [1.82, 2.24) is 4.90 Å². The van der Waals surface area contributed by atoms with Crippen molar-refractivity contribution >= 4 is 11.8 Å². The molecule has 4 unspecified atom stereocenters. The van der Waals surface area contributed by atoms with E-state index in [1.807, 2.05) is 11.8 Å². The van der Waals surface area contributed by atoms with Gasteiger partial charge in [-0.15, -0.1) is 0 Å². The van der Waals surface area contributed by atoms with Gasteiger partial charge in [0.15, 0.2) is 0 Å². The van der Waals surface area contributed by atoms with Crippen LogP contribution >= 0.6 is 11.8 Å². The molecule has 0 aromatic rings. The summed E-state index contributed by atoms with van der Waals surface area (Å²) >= 11 is 1.91. The number of nitrogens with zero attached hydrogens (tertiary/aromatic N) is 2. The minimum atomic E-state index is 0.243. The highest BCUT2D eigenvalue weighted by Crippen LogP contribution is 2.32. The summed E-state index contributed by atoms with van der Waals surface area (Å²) in [5, 5.41) is 9.30. The molecule has 0 aromatic carbocycles. The van der Waals surface area contributed by atoms with E-state index in [9.17, 15) is 5.26 Å². The fourth-order valence-electron chi connectivity index (χ4n) is 2.94. The van der Waals surface area contributed by atoms with Gasteiger partial charge in [0, 0.05) is 17.8 Å². The molecule has 1 saturated carbocycles. The maximum absolute atomic E-state index is 9.30. The third-order valence-electron chi connectivity index (χ3n) is 4.17. The molecule has 0 aromatic heterocycles. The summed E-state index contributed by atoms with van der Waals surface area (Å²) in [6.07, 6.45) is 6.85. The molecule has 4 atom stereocenters. The highest BCUT2D eigenvalue weighted by atomic mass is 32.2. The fraction of sp³-hybridized carbons (Fsp3) is 0.929. The molecule has 3 heteroatoms. The summed E-state index contributed by atoms with van der Waals surface area (Å²) in [7, 11) is 2.22. The second-order valence-corrected chi connectivity index (χ2v) is 6.31. The lowest BCUT2D eigenvalue weighted by Crippen LogP contribution is -2.47. The molecule has 1 fully saturated rings. The number of thioether (sulfide) groups is 1. The predicted molar refractivity (Wildman–Crippen MR) is 76.1 cm³/mol. The summed E-state index contributed by atoms with van der Waals surface area (Å²) in [5.74, 6) is 2.20. The molecule has 0 bridgehead atoms. The third-order valence-corrected chi connectivity index (χ3v) is 4.89. The Morgan fingerprint density at radius 1 is 1.47 bits per heavy atom. The molecule has 0 aliphatic heterocycles. The monoisotopic (exact) mass is 254 g/mol. The van der Waals surface area contributed by atoms with Crippen molar-refractivity contribution in [2.45, 2.75) is 51.6 Å². The van der Waals surface area contributed by atoms with E-state index in [0.717, 1.165) is 12.3 Å². The first-order valence-electron chi connectivity index (χ1n) is 6.74. The van der Waals surface area contributed by atoms with Crippen molar-refractivity contribution in [3.63, 3.8) is 0 Å². The highest BCUT2D eigenvalue weighted by Gasteiger charge is 2.33. The van der Waals surface area contributed by atoms with Crippen LogP contribution in [0.3, 0.4) is 0 Å². The molecule has 2 nitrogen and oxygen atoms in total. The van der Waals surface area contributed by atoms with E-state index in [1.54, 1.807) is 0 Å². The molecule has 0 heterocycles. The van der Waals surface area contributed by atoms with Crippen molar-refractivity contribution in [1.29, 1.82) is 5.26 Å². The fourth-order valence-corrected chi connectivity index (χ4v) is 3.79. The van der Waals surface area contributed by atoms with E-state index in [4.69, 9.17) is 0 Å². The van der Waals surface area contributed by atoms with Gasteiger partial charge in [0.1, 0.15) is 0 Å². The third kappa shape index (κ3) is 3.89. The van der Waals surface area contributed by atoms with Crippen LogP contribution in [0.25, 0.3) is 0 Å². The number of nitriles is 1. The zero-order valence-corrected chi connectivity index (χ0v) is 12.5. The second kappa shape index (κ2) is 7.28. The van der Waals surface area contributed by atoms with E-state index >= 15 is 0 Å². The van der Waals surface area contributed by atoms with Crippen LogP contribution < -0.4 is 0 Å². The summed E-state index contributed by atoms with van der Waals surface area (Å²) in [4.78, 5) is 2.49. The van der Waals surface area contributed by atoms with E-state index in [2.05, 4.69) is 38.1 Å². The topological polar surface area (TPSA) is 27.0 Å². The molecule has 1 aliphatic carbocycles. The average Bonchev–Trinajstić information content (AvgIpc) is 2.35. The molecule has 0 radical (unpaired) electrons. The summed E-state index contributed by atoms with van der Waals surface area (Å²) < 4.78 is 0. The minimum absolute atomic E-state index is 0.243.